The summed E-state index contributed by atoms with van der Waals surface area (Å²) < 4.78 is 5.13. The molecule has 1 amide bonds. The number of benzene rings is 1. The third-order valence-corrected chi connectivity index (χ3v) is 4.09. The minimum atomic E-state index is -0.960. The number of carbonyl (C=O) groups is 2. The Morgan fingerprint density at radius 3 is 2.59 bits per heavy atom. The van der Waals surface area contributed by atoms with Crippen molar-refractivity contribution in [3.8, 4) is 0 Å². The van der Waals surface area contributed by atoms with Crippen molar-refractivity contribution in [3.05, 3.63) is 45.8 Å². The molecular weight excluding hydrogens is 372 g/mol. The maximum absolute atomic E-state index is 11.6. The summed E-state index contributed by atoms with van der Waals surface area (Å²) in [7, 11) is 0. The summed E-state index contributed by atoms with van der Waals surface area (Å²) >= 11 is 5.67. The number of carbonyl (C=O) groups excluding carboxylic acids is 1. The number of hydrogen-bond acceptors (Lipinski definition) is 4. The lowest BCUT2D eigenvalue weighted by Gasteiger charge is -2.26. The van der Waals surface area contributed by atoms with Gasteiger partial charge in [-0.1, -0.05) is 29.8 Å². The van der Waals surface area contributed by atoms with Crippen LogP contribution in [0.3, 0.4) is 0 Å². The predicted molar refractivity (Wildman–Crippen MR) is 103 cm³/mol. The van der Waals surface area contributed by atoms with Gasteiger partial charge < -0.3 is 14.8 Å². The molecule has 0 bridgehead atoms. The van der Waals surface area contributed by atoms with Crippen LogP contribution in [0.1, 0.15) is 33.6 Å². The lowest BCUT2D eigenvalue weighted by molar-refractivity contribution is -0.142. The number of hydrogen-bond donors (Lipinski definition) is 2. The first kappa shape index (κ1) is 20.8. The first-order chi connectivity index (χ1) is 12.6. The monoisotopic (exact) mass is 394 g/mol. The summed E-state index contributed by atoms with van der Waals surface area (Å²) in [5, 5.41) is 10.8. The Bertz CT molecular complexity index is 888. The number of ether oxygens (including phenoxy) is 1. The van der Waals surface area contributed by atoms with Gasteiger partial charge in [-0.15, -0.1) is 0 Å². The number of pyridine rings is 1. The van der Waals surface area contributed by atoms with E-state index in [2.05, 4.69) is 4.98 Å². The average Bonchev–Trinajstić information content (AvgIpc) is 3.04. The Balaban J connectivity index is 0.000000198. The Morgan fingerprint density at radius 1 is 1.30 bits per heavy atom. The van der Waals surface area contributed by atoms with Crippen LogP contribution in [0.5, 0.6) is 0 Å². The molecule has 2 N–H and O–H groups in total. The molecule has 1 aliphatic rings. The zero-order valence-electron chi connectivity index (χ0n) is 15.5. The van der Waals surface area contributed by atoms with Gasteiger partial charge in [-0.2, -0.15) is 0 Å². The van der Waals surface area contributed by atoms with Gasteiger partial charge >= 0.3 is 12.1 Å². The summed E-state index contributed by atoms with van der Waals surface area (Å²) in [5.74, 6) is -0.960. The Labute approximate surface area is 161 Å². The van der Waals surface area contributed by atoms with Crippen molar-refractivity contribution in [3.63, 3.8) is 0 Å². The van der Waals surface area contributed by atoms with Crippen molar-refractivity contribution in [2.75, 3.05) is 6.54 Å². The van der Waals surface area contributed by atoms with Crippen LogP contribution in [0.15, 0.2) is 35.1 Å². The van der Waals surface area contributed by atoms with Crippen molar-refractivity contribution in [1.29, 1.82) is 0 Å². The maximum Gasteiger partial charge on any atom is 0.411 e. The molecule has 2 heterocycles. The number of H-pyrrole nitrogens is 1. The average molecular weight is 395 g/mol. The topological polar surface area (TPSA) is 99.7 Å². The van der Waals surface area contributed by atoms with E-state index in [4.69, 9.17) is 21.4 Å². The van der Waals surface area contributed by atoms with E-state index in [0.29, 0.717) is 23.5 Å². The van der Waals surface area contributed by atoms with Crippen LogP contribution in [0, 0.1) is 0 Å². The van der Waals surface area contributed by atoms with E-state index in [-0.39, 0.29) is 5.56 Å². The van der Waals surface area contributed by atoms with Gasteiger partial charge in [0.25, 0.3) is 5.56 Å². The van der Waals surface area contributed by atoms with Crippen molar-refractivity contribution in [2.24, 2.45) is 0 Å². The fraction of sp³-hybridized carbons (Fsp3) is 0.421. The first-order valence-corrected chi connectivity index (χ1v) is 8.96. The van der Waals surface area contributed by atoms with E-state index in [1.165, 1.54) is 4.90 Å². The molecule has 0 spiro atoms. The van der Waals surface area contributed by atoms with Crippen LogP contribution in [-0.2, 0) is 9.53 Å². The predicted octanol–water partition coefficient (Wildman–Crippen LogP) is 3.65. The molecule has 0 aliphatic carbocycles. The third kappa shape index (κ3) is 5.72. The quantitative estimate of drug-likeness (QED) is 0.719. The van der Waals surface area contributed by atoms with Crippen molar-refractivity contribution in [2.45, 2.75) is 45.3 Å². The van der Waals surface area contributed by atoms with Crippen molar-refractivity contribution < 1.29 is 19.4 Å². The summed E-state index contributed by atoms with van der Waals surface area (Å²) in [6.45, 7) is 5.75. The highest BCUT2D eigenvalue weighted by molar-refractivity contribution is 6.30. The summed E-state index contributed by atoms with van der Waals surface area (Å²) in [5.41, 5.74) is -0.721. The molecule has 3 rings (SSSR count). The number of aromatic amines is 1. The molecule has 2 aromatic rings. The molecule has 1 aliphatic heterocycles. The van der Waals surface area contributed by atoms with Gasteiger partial charge in [0.1, 0.15) is 16.8 Å². The summed E-state index contributed by atoms with van der Waals surface area (Å²) in [6.07, 6.45) is 0.692. The highest BCUT2D eigenvalue weighted by Gasteiger charge is 2.36. The molecule has 8 heteroatoms. The van der Waals surface area contributed by atoms with Crippen LogP contribution in [-0.4, -0.2) is 45.2 Å². The third-order valence-electron chi connectivity index (χ3n) is 3.89. The fourth-order valence-corrected chi connectivity index (χ4v) is 2.94. The van der Waals surface area contributed by atoms with E-state index >= 15 is 0 Å². The second-order valence-corrected chi connectivity index (χ2v) is 7.61. The zero-order chi connectivity index (χ0) is 20.2. The summed E-state index contributed by atoms with van der Waals surface area (Å²) in [6, 6.07) is 8.34. The van der Waals surface area contributed by atoms with E-state index in [0.717, 1.165) is 11.8 Å². The van der Waals surface area contributed by atoms with E-state index in [1.807, 2.05) is 18.2 Å². The summed E-state index contributed by atoms with van der Waals surface area (Å²) in [4.78, 5) is 37.5. The Morgan fingerprint density at radius 2 is 1.96 bits per heavy atom. The lowest BCUT2D eigenvalue weighted by atomic mass is 10.2. The van der Waals surface area contributed by atoms with Gasteiger partial charge in [-0.25, -0.2) is 9.59 Å². The van der Waals surface area contributed by atoms with Gasteiger partial charge in [0.15, 0.2) is 0 Å². The van der Waals surface area contributed by atoms with Crippen LogP contribution in [0.25, 0.3) is 10.8 Å². The van der Waals surface area contributed by atoms with E-state index in [9.17, 15) is 14.4 Å². The van der Waals surface area contributed by atoms with Crippen LogP contribution >= 0.6 is 11.6 Å². The van der Waals surface area contributed by atoms with E-state index < -0.39 is 23.7 Å². The molecule has 1 atom stereocenters. The number of halogens is 1. The zero-order valence-corrected chi connectivity index (χ0v) is 16.2. The number of nitrogens with one attached hydrogen (secondary N) is 1. The molecule has 0 radical (unpaired) electrons. The van der Waals surface area contributed by atoms with Crippen LogP contribution in [0.4, 0.5) is 4.79 Å². The number of likely N-dealkylation sites (tertiary alicyclic amines) is 1. The first-order valence-electron chi connectivity index (χ1n) is 8.58. The van der Waals surface area contributed by atoms with E-state index in [1.54, 1.807) is 32.9 Å². The van der Waals surface area contributed by atoms with Gasteiger partial charge in [-0.05, 0) is 51.1 Å². The van der Waals surface area contributed by atoms with Crippen molar-refractivity contribution in [1.82, 2.24) is 9.88 Å². The second-order valence-electron chi connectivity index (χ2n) is 7.20. The molecule has 1 aromatic carbocycles. The highest BCUT2D eigenvalue weighted by Crippen LogP contribution is 2.20. The van der Waals surface area contributed by atoms with Gasteiger partial charge in [-0.3, -0.25) is 9.69 Å². The minimum Gasteiger partial charge on any atom is -0.480 e. The lowest BCUT2D eigenvalue weighted by Crippen LogP contribution is -2.43. The maximum atomic E-state index is 11.6. The van der Waals surface area contributed by atoms with Gasteiger partial charge in [0.2, 0.25) is 0 Å². The van der Waals surface area contributed by atoms with Crippen LogP contribution in [0.2, 0.25) is 5.15 Å². The number of carboxylic acids is 1. The van der Waals surface area contributed by atoms with Crippen molar-refractivity contribution >= 4 is 34.4 Å². The largest absolute Gasteiger partial charge is 0.480 e. The Kier molecular flexibility index (Phi) is 6.49. The smallest absolute Gasteiger partial charge is 0.411 e. The number of aromatic nitrogens is 1. The number of fused-ring (bicyclic) bond motifs is 1. The Hall–Kier alpha value is -2.54. The molecule has 146 valence electrons. The number of nitrogens with zero attached hydrogens (tertiary/aromatic N) is 1. The molecular formula is C19H23ClN2O5. The SMILES string of the molecule is CC(C)(C)OC(=O)N1CCCC1C(=O)O.O=c1[nH]c(Cl)cc2ccccc12. The molecule has 27 heavy (non-hydrogen) atoms. The number of aliphatic carboxylic acids is 1. The number of amides is 1. The van der Waals surface area contributed by atoms with Gasteiger partial charge in [0.05, 0.1) is 0 Å². The molecule has 1 unspecified atom stereocenters. The number of rotatable bonds is 1. The normalized spacial score (nSPS) is 16.6. The second kappa shape index (κ2) is 8.43. The number of carboxylic acid groups (broad SMARTS) is 1. The van der Waals surface area contributed by atoms with Crippen LogP contribution < -0.4 is 5.56 Å². The van der Waals surface area contributed by atoms with Gasteiger partial charge in [0, 0.05) is 11.9 Å². The molecule has 1 fully saturated rings. The highest BCUT2D eigenvalue weighted by atomic mass is 35.5. The molecule has 7 nitrogen and oxygen atoms in total. The molecule has 1 saturated heterocycles. The molecule has 1 aromatic heterocycles. The molecule has 0 saturated carbocycles. The minimum absolute atomic E-state index is 0.141. The fourth-order valence-electron chi connectivity index (χ4n) is 2.74. The standard InChI is InChI=1S/C10H17NO4.C9H6ClNO/c1-10(2,3)15-9(14)11-6-4-5-7(11)8(12)13;10-8-5-6-3-1-2-4-7(6)9(12)11-8/h7H,4-6H2,1-3H3,(H,12,13);1-5H,(H,11,12).